The van der Waals surface area contributed by atoms with Crippen molar-refractivity contribution in [2.75, 3.05) is 11.1 Å². The van der Waals surface area contributed by atoms with Gasteiger partial charge in [-0.05, 0) is 67.9 Å². The molecule has 0 aliphatic heterocycles. The zero-order valence-corrected chi connectivity index (χ0v) is 19.5. The van der Waals surface area contributed by atoms with E-state index >= 15 is 0 Å². The highest BCUT2D eigenvalue weighted by Crippen LogP contribution is 2.32. The largest absolute Gasteiger partial charge is 0.539 e. The van der Waals surface area contributed by atoms with E-state index in [2.05, 4.69) is 26.2 Å². The Morgan fingerprint density at radius 1 is 1.25 bits per heavy atom. The molecule has 1 aromatic carbocycles. The van der Waals surface area contributed by atoms with Crippen LogP contribution in [0.2, 0.25) is 0 Å². The molecule has 3 rings (SSSR count). The summed E-state index contributed by atoms with van der Waals surface area (Å²) in [6.45, 7) is 7.09. The minimum absolute atomic E-state index is 0.0400. The number of pyridine rings is 1. The summed E-state index contributed by atoms with van der Waals surface area (Å²) >= 11 is 1.22. The molecule has 0 aliphatic carbocycles. The van der Waals surface area contributed by atoms with Crippen molar-refractivity contribution in [3.63, 3.8) is 0 Å². The number of anilines is 1. The van der Waals surface area contributed by atoms with E-state index in [1.807, 2.05) is 19.9 Å². The van der Waals surface area contributed by atoms with E-state index in [1.54, 1.807) is 13.8 Å². The second-order valence-electron chi connectivity index (χ2n) is 7.08. The third-order valence-corrected chi connectivity index (χ3v) is 6.87. The van der Waals surface area contributed by atoms with Crippen LogP contribution >= 0.6 is 11.8 Å². The van der Waals surface area contributed by atoms with Gasteiger partial charge in [0.1, 0.15) is 21.7 Å². The summed E-state index contributed by atoms with van der Waals surface area (Å²) in [6, 6.07) is 9.68. The Hall–Kier alpha value is -3.36. The highest BCUT2D eigenvalue weighted by molar-refractivity contribution is 7.99. The molecule has 0 atom stereocenters. The molecule has 0 saturated carbocycles. The number of sulfonamides is 1. The predicted molar refractivity (Wildman–Crippen MR) is 119 cm³/mol. The lowest BCUT2D eigenvalue weighted by Gasteiger charge is -2.19. The lowest BCUT2D eigenvalue weighted by molar-refractivity contribution is -0.435. The van der Waals surface area contributed by atoms with Crippen LogP contribution < -0.4 is 10.3 Å². The van der Waals surface area contributed by atoms with Crippen LogP contribution in [0, 0.1) is 39.0 Å². The second-order valence-corrected chi connectivity index (χ2v) is 9.67. The molecule has 0 bridgehead atoms. The number of thioether (sulfide) groups is 1. The molecule has 0 saturated heterocycles. The molecule has 0 radical (unpaired) electrons. The monoisotopic (exact) mass is 471 g/mol. The van der Waals surface area contributed by atoms with Crippen LogP contribution in [0.25, 0.3) is 4.72 Å². The number of aromatic amines is 1. The number of nitriles is 1. The van der Waals surface area contributed by atoms with Crippen LogP contribution in [-0.2, 0) is 14.8 Å². The third-order valence-electron chi connectivity index (χ3n) is 4.60. The van der Waals surface area contributed by atoms with Gasteiger partial charge in [-0.3, -0.25) is 4.79 Å². The van der Waals surface area contributed by atoms with Crippen LogP contribution in [0.3, 0.4) is 0 Å². The van der Waals surface area contributed by atoms with Crippen molar-refractivity contribution in [1.29, 1.82) is 5.26 Å². The summed E-state index contributed by atoms with van der Waals surface area (Å²) in [5.74, 6) is -0.274. The molecule has 1 amide bonds. The van der Waals surface area contributed by atoms with Gasteiger partial charge in [0.05, 0.1) is 22.2 Å². The first-order valence-corrected chi connectivity index (χ1v) is 11.9. The first kappa shape index (κ1) is 23.3. The summed E-state index contributed by atoms with van der Waals surface area (Å²) in [7, 11) is -3.99. The highest BCUT2D eigenvalue weighted by atomic mass is 32.2. The Labute approximate surface area is 190 Å². The van der Waals surface area contributed by atoms with Gasteiger partial charge in [0.2, 0.25) is 5.91 Å². The molecular formula is C21H21N5O4S2. The van der Waals surface area contributed by atoms with Gasteiger partial charge in [-0.2, -0.15) is 5.26 Å². The van der Waals surface area contributed by atoms with Crippen molar-refractivity contribution in [3.8, 4) is 6.07 Å². The van der Waals surface area contributed by atoms with Gasteiger partial charge >= 0.3 is 0 Å². The average Bonchev–Trinajstić information content (AvgIpc) is 3.04. The lowest BCUT2D eigenvalue weighted by atomic mass is 10.1. The normalized spacial score (nSPS) is 11.1. The maximum absolute atomic E-state index is 12.5. The van der Waals surface area contributed by atoms with Crippen molar-refractivity contribution in [2.45, 2.75) is 37.6 Å². The maximum atomic E-state index is 12.5. The smallest absolute Gasteiger partial charge is 0.257 e. The van der Waals surface area contributed by atoms with E-state index in [1.165, 1.54) is 36.0 Å². The van der Waals surface area contributed by atoms with E-state index < -0.39 is 10.0 Å². The van der Waals surface area contributed by atoms with E-state index in [9.17, 15) is 18.5 Å². The lowest BCUT2D eigenvalue weighted by Crippen LogP contribution is -2.18. The van der Waals surface area contributed by atoms with E-state index in [0.717, 1.165) is 11.3 Å². The first-order chi connectivity index (χ1) is 15.1. The molecular weight excluding hydrogens is 450 g/mol. The van der Waals surface area contributed by atoms with Gasteiger partial charge in [0.25, 0.3) is 5.03 Å². The van der Waals surface area contributed by atoms with Crippen LogP contribution in [0.15, 0.2) is 44.8 Å². The molecule has 0 unspecified atom stereocenters. The van der Waals surface area contributed by atoms with Gasteiger partial charge in [-0.1, -0.05) is 5.16 Å². The molecule has 11 heteroatoms. The van der Waals surface area contributed by atoms with Crippen LogP contribution in [-0.4, -0.2) is 25.2 Å². The Kier molecular flexibility index (Phi) is 6.86. The van der Waals surface area contributed by atoms with Crippen LogP contribution in [0.5, 0.6) is 0 Å². The SMILES string of the molecule is Cc1cc(C)c(C#N)c(SCC(=O)Nc2ccc(S(=O)(=O)[N-]c3onc(C)c3C)cc2)[nH+]1. The molecule has 3 aromatic rings. The number of aryl methyl sites for hydroxylation is 3. The number of aromatic nitrogens is 2. The fourth-order valence-corrected chi connectivity index (χ4v) is 4.70. The molecule has 2 aromatic heterocycles. The molecule has 9 nitrogen and oxygen atoms in total. The number of H-pyrrole nitrogens is 1. The molecule has 166 valence electrons. The summed E-state index contributed by atoms with van der Waals surface area (Å²) in [5.41, 5.74) is 3.78. The fraction of sp³-hybridized carbons (Fsp3) is 0.238. The number of hydrogen-bond acceptors (Lipinski definition) is 7. The molecule has 0 aliphatic rings. The van der Waals surface area contributed by atoms with Crippen LogP contribution in [0.4, 0.5) is 11.6 Å². The van der Waals surface area contributed by atoms with E-state index in [4.69, 9.17) is 4.52 Å². The summed E-state index contributed by atoms with van der Waals surface area (Å²) in [6.07, 6.45) is 0. The van der Waals surface area contributed by atoms with Crippen molar-refractivity contribution in [1.82, 2.24) is 5.16 Å². The predicted octanol–water partition coefficient (Wildman–Crippen LogP) is 3.72. The van der Waals surface area contributed by atoms with E-state index in [-0.39, 0.29) is 22.4 Å². The van der Waals surface area contributed by atoms with Gasteiger partial charge < -0.3 is 14.6 Å². The number of amides is 1. The van der Waals surface area contributed by atoms with Crippen LogP contribution in [0.1, 0.15) is 28.1 Å². The van der Waals surface area contributed by atoms with Gasteiger partial charge in [-0.25, -0.2) is 13.4 Å². The number of carbonyl (C=O) groups excluding carboxylic acids is 1. The zero-order valence-electron chi connectivity index (χ0n) is 17.9. The zero-order chi connectivity index (χ0) is 23.5. The number of nitrogens with zero attached hydrogens (tertiary/aromatic N) is 3. The topological polar surface area (TPSA) is 141 Å². The summed E-state index contributed by atoms with van der Waals surface area (Å²) in [5, 5.41) is 16.4. The molecule has 0 fully saturated rings. The van der Waals surface area contributed by atoms with Crippen molar-refractivity contribution in [3.05, 3.63) is 63.1 Å². The minimum Gasteiger partial charge on any atom is -0.539 e. The Morgan fingerprint density at radius 2 is 1.94 bits per heavy atom. The third kappa shape index (κ3) is 5.27. The number of rotatable bonds is 7. The first-order valence-electron chi connectivity index (χ1n) is 9.48. The summed E-state index contributed by atoms with van der Waals surface area (Å²) < 4.78 is 33.6. The number of benzene rings is 1. The number of hydrogen-bond donors (Lipinski definition) is 1. The standard InChI is InChI=1S/C21H21N5O4S2/c1-12-9-13(2)23-21(18(12)10-22)31-11-19(27)24-16-5-7-17(8-6-16)32(28,29)26-20-14(3)15(4)25-30-20/h5-9H,11H2,1-4H3,(H2,24,25,26,27). The number of carbonyl (C=O) groups is 1. The van der Waals surface area contributed by atoms with Crippen molar-refractivity contribution >= 4 is 39.3 Å². The summed E-state index contributed by atoms with van der Waals surface area (Å²) in [4.78, 5) is 15.4. The molecule has 32 heavy (non-hydrogen) atoms. The Balaban J connectivity index is 1.64. The Morgan fingerprint density at radius 3 is 2.53 bits per heavy atom. The van der Waals surface area contributed by atoms with Gasteiger partial charge in [0.15, 0.2) is 5.69 Å². The average molecular weight is 472 g/mol. The van der Waals surface area contributed by atoms with Crippen molar-refractivity contribution in [2.24, 2.45) is 0 Å². The van der Waals surface area contributed by atoms with Crippen molar-refractivity contribution < 1.29 is 22.7 Å². The fourth-order valence-electron chi connectivity index (χ4n) is 2.80. The van der Waals surface area contributed by atoms with E-state index in [0.29, 0.717) is 27.5 Å². The molecule has 2 heterocycles. The molecule has 2 N–H and O–H groups in total. The Bertz CT molecular complexity index is 1310. The van der Waals surface area contributed by atoms with Gasteiger partial charge in [0, 0.05) is 18.7 Å². The molecule has 0 spiro atoms. The van der Waals surface area contributed by atoms with Gasteiger partial charge in [-0.15, -0.1) is 0 Å². The maximum Gasteiger partial charge on any atom is 0.257 e. The number of nitrogens with one attached hydrogen (secondary N) is 2. The quantitative estimate of drug-likeness (QED) is 0.518. The second kappa shape index (κ2) is 9.42. The minimum atomic E-state index is -3.99. The highest BCUT2D eigenvalue weighted by Gasteiger charge is 2.17.